The van der Waals surface area contributed by atoms with Crippen molar-refractivity contribution >= 4 is 5.97 Å². The summed E-state index contributed by atoms with van der Waals surface area (Å²) in [6, 6.07) is 26.0. The highest BCUT2D eigenvalue weighted by atomic mass is 19.1. The molecule has 4 heteroatoms. The molecule has 1 unspecified atom stereocenters. The van der Waals surface area contributed by atoms with Crippen LogP contribution < -0.4 is 0 Å². The van der Waals surface area contributed by atoms with E-state index in [4.69, 9.17) is 4.74 Å². The summed E-state index contributed by atoms with van der Waals surface area (Å²) in [6.45, 7) is 3.93. The van der Waals surface area contributed by atoms with Crippen LogP contribution in [-0.4, -0.2) is 23.5 Å². The Hall–Kier alpha value is -2.98. The van der Waals surface area contributed by atoms with Gasteiger partial charge >= 0.3 is 5.97 Å². The van der Waals surface area contributed by atoms with E-state index in [1.807, 2.05) is 43.3 Å². The van der Waals surface area contributed by atoms with Crippen molar-refractivity contribution in [3.05, 3.63) is 107 Å². The zero-order chi connectivity index (χ0) is 19.8. The first-order valence-corrected chi connectivity index (χ1v) is 9.37. The summed E-state index contributed by atoms with van der Waals surface area (Å²) in [5.74, 6) is -0.955. The SMILES string of the molecule is CC(CN(Cc1ccccc1)Cc1ccccc1)OC(=O)c1cccc(F)c1. The molecule has 0 spiro atoms. The molecule has 0 aliphatic rings. The molecule has 0 aromatic heterocycles. The summed E-state index contributed by atoms with van der Waals surface area (Å²) in [4.78, 5) is 14.5. The summed E-state index contributed by atoms with van der Waals surface area (Å²) in [5.41, 5.74) is 2.62. The molecule has 3 aromatic rings. The molecule has 0 heterocycles. The molecule has 0 amide bonds. The molecule has 0 aliphatic heterocycles. The lowest BCUT2D eigenvalue weighted by Crippen LogP contribution is -2.33. The number of hydrogen-bond acceptors (Lipinski definition) is 3. The van der Waals surface area contributed by atoms with Gasteiger partial charge < -0.3 is 4.74 Å². The van der Waals surface area contributed by atoms with Gasteiger partial charge in [0.2, 0.25) is 0 Å². The number of ether oxygens (including phenoxy) is 1. The van der Waals surface area contributed by atoms with Crippen LogP contribution in [0.3, 0.4) is 0 Å². The van der Waals surface area contributed by atoms with Gasteiger partial charge in [-0.05, 0) is 36.2 Å². The predicted octanol–water partition coefficient (Wildman–Crippen LogP) is 5.07. The maximum Gasteiger partial charge on any atom is 0.338 e. The highest BCUT2D eigenvalue weighted by Crippen LogP contribution is 2.13. The fourth-order valence-corrected chi connectivity index (χ4v) is 3.14. The van der Waals surface area contributed by atoms with Crippen molar-refractivity contribution in [3.63, 3.8) is 0 Å². The Morgan fingerprint density at radius 1 is 0.893 bits per heavy atom. The molecule has 144 valence electrons. The van der Waals surface area contributed by atoms with E-state index in [1.54, 1.807) is 6.07 Å². The third kappa shape index (κ3) is 6.03. The molecule has 0 saturated carbocycles. The summed E-state index contributed by atoms with van der Waals surface area (Å²) in [7, 11) is 0. The van der Waals surface area contributed by atoms with E-state index in [2.05, 4.69) is 29.2 Å². The van der Waals surface area contributed by atoms with Gasteiger partial charge in [0.25, 0.3) is 0 Å². The average molecular weight is 377 g/mol. The standard InChI is InChI=1S/C24H24FNO2/c1-19(28-24(27)22-13-8-14-23(25)15-22)16-26(17-20-9-4-2-5-10-20)18-21-11-6-3-7-12-21/h2-15,19H,16-18H2,1H3. The second-order valence-corrected chi connectivity index (χ2v) is 6.87. The molecular weight excluding hydrogens is 353 g/mol. The van der Waals surface area contributed by atoms with Crippen molar-refractivity contribution < 1.29 is 13.9 Å². The van der Waals surface area contributed by atoms with Gasteiger partial charge in [0.1, 0.15) is 11.9 Å². The molecule has 3 rings (SSSR count). The van der Waals surface area contributed by atoms with Crippen LogP contribution in [0.2, 0.25) is 0 Å². The molecule has 3 aromatic carbocycles. The number of esters is 1. The third-order valence-corrected chi connectivity index (χ3v) is 4.38. The van der Waals surface area contributed by atoms with Gasteiger partial charge in [0.05, 0.1) is 5.56 Å². The average Bonchev–Trinajstić information content (AvgIpc) is 2.69. The van der Waals surface area contributed by atoms with E-state index >= 15 is 0 Å². The summed E-state index contributed by atoms with van der Waals surface area (Å²) in [5, 5.41) is 0. The zero-order valence-corrected chi connectivity index (χ0v) is 15.9. The Bertz CT molecular complexity index is 842. The summed E-state index contributed by atoms with van der Waals surface area (Å²) < 4.78 is 18.9. The number of carbonyl (C=O) groups is 1. The van der Waals surface area contributed by atoms with Gasteiger partial charge in [-0.2, -0.15) is 0 Å². The van der Waals surface area contributed by atoms with Crippen molar-refractivity contribution in [2.24, 2.45) is 0 Å². The normalized spacial score (nSPS) is 12.0. The van der Waals surface area contributed by atoms with Crippen LogP contribution in [-0.2, 0) is 17.8 Å². The van der Waals surface area contributed by atoms with E-state index < -0.39 is 11.8 Å². The van der Waals surface area contributed by atoms with Gasteiger partial charge in [-0.1, -0.05) is 66.7 Å². The van der Waals surface area contributed by atoms with Crippen molar-refractivity contribution in [1.29, 1.82) is 0 Å². The molecular formula is C24H24FNO2. The summed E-state index contributed by atoms with van der Waals surface area (Å²) >= 11 is 0. The third-order valence-electron chi connectivity index (χ3n) is 4.38. The van der Waals surface area contributed by atoms with Crippen molar-refractivity contribution in [2.75, 3.05) is 6.54 Å². The highest BCUT2D eigenvalue weighted by Gasteiger charge is 2.17. The van der Waals surface area contributed by atoms with Crippen LogP contribution in [0.1, 0.15) is 28.4 Å². The predicted molar refractivity (Wildman–Crippen MR) is 108 cm³/mol. The minimum absolute atomic E-state index is 0.226. The van der Waals surface area contributed by atoms with E-state index in [9.17, 15) is 9.18 Å². The lowest BCUT2D eigenvalue weighted by Gasteiger charge is -2.26. The quantitative estimate of drug-likeness (QED) is 0.513. The monoisotopic (exact) mass is 377 g/mol. The number of nitrogens with zero attached hydrogens (tertiary/aromatic N) is 1. The minimum Gasteiger partial charge on any atom is -0.458 e. The molecule has 0 radical (unpaired) electrons. The Labute approximate surface area is 165 Å². The first-order chi connectivity index (χ1) is 13.6. The highest BCUT2D eigenvalue weighted by molar-refractivity contribution is 5.89. The molecule has 0 fully saturated rings. The second kappa shape index (κ2) is 9.81. The van der Waals surface area contributed by atoms with E-state index in [0.29, 0.717) is 6.54 Å². The van der Waals surface area contributed by atoms with Crippen LogP contribution >= 0.6 is 0 Å². The second-order valence-electron chi connectivity index (χ2n) is 6.87. The smallest absolute Gasteiger partial charge is 0.338 e. The van der Waals surface area contributed by atoms with Crippen LogP contribution in [0.25, 0.3) is 0 Å². The Morgan fingerprint density at radius 3 is 2.00 bits per heavy atom. The minimum atomic E-state index is -0.508. The zero-order valence-electron chi connectivity index (χ0n) is 15.9. The van der Waals surface area contributed by atoms with E-state index in [1.165, 1.54) is 29.3 Å². The Balaban J connectivity index is 1.66. The molecule has 0 saturated heterocycles. The maximum absolute atomic E-state index is 13.3. The van der Waals surface area contributed by atoms with Crippen LogP contribution in [0, 0.1) is 5.82 Å². The first kappa shape index (κ1) is 19.8. The fourth-order valence-electron chi connectivity index (χ4n) is 3.14. The van der Waals surface area contributed by atoms with Gasteiger partial charge in [-0.25, -0.2) is 9.18 Å². The van der Waals surface area contributed by atoms with Crippen LogP contribution in [0.15, 0.2) is 84.9 Å². The van der Waals surface area contributed by atoms with E-state index in [0.717, 1.165) is 13.1 Å². The van der Waals surface area contributed by atoms with Crippen molar-refractivity contribution in [3.8, 4) is 0 Å². The Kier molecular flexibility index (Phi) is 6.93. The van der Waals surface area contributed by atoms with Crippen molar-refractivity contribution in [2.45, 2.75) is 26.1 Å². The first-order valence-electron chi connectivity index (χ1n) is 9.37. The molecule has 0 aliphatic carbocycles. The molecule has 0 N–H and O–H groups in total. The summed E-state index contributed by atoms with van der Waals surface area (Å²) in [6.07, 6.45) is -0.330. The molecule has 0 bridgehead atoms. The number of benzene rings is 3. The van der Waals surface area contributed by atoms with Gasteiger partial charge in [-0.3, -0.25) is 4.90 Å². The topological polar surface area (TPSA) is 29.5 Å². The van der Waals surface area contributed by atoms with Gasteiger partial charge in [0.15, 0.2) is 0 Å². The maximum atomic E-state index is 13.3. The van der Waals surface area contributed by atoms with Gasteiger partial charge in [-0.15, -0.1) is 0 Å². The molecule has 1 atom stereocenters. The molecule has 3 nitrogen and oxygen atoms in total. The Morgan fingerprint density at radius 2 is 1.46 bits per heavy atom. The van der Waals surface area contributed by atoms with Crippen molar-refractivity contribution in [1.82, 2.24) is 4.90 Å². The van der Waals surface area contributed by atoms with E-state index in [-0.39, 0.29) is 11.7 Å². The number of carbonyl (C=O) groups excluding carboxylic acids is 1. The van der Waals surface area contributed by atoms with Crippen LogP contribution in [0.4, 0.5) is 4.39 Å². The number of halogens is 1. The lowest BCUT2D eigenvalue weighted by atomic mass is 10.1. The van der Waals surface area contributed by atoms with Crippen LogP contribution in [0.5, 0.6) is 0 Å². The van der Waals surface area contributed by atoms with Gasteiger partial charge in [0, 0.05) is 19.6 Å². The molecule has 28 heavy (non-hydrogen) atoms. The lowest BCUT2D eigenvalue weighted by molar-refractivity contribution is 0.0236. The largest absolute Gasteiger partial charge is 0.458 e. The fraction of sp³-hybridized carbons (Fsp3) is 0.208. The number of rotatable bonds is 8. The number of hydrogen-bond donors (Lipinski definition) is 0.